The van der Waals surface area contributed by atoms with Crippen molar-refractivity contribution in [2.45, 2.75) is 6.61 Å². The summed E-state index contributed by atoms with van der Waals surface area (Å²) >= 11 is 13.5. The average Bonchev–Trinajstić information content (AvgIpc) is 3.36. The Morgan fingerprint density at radius 2 is 1.82 bits per heavy atom. The minimum Gasteiger partial charge on any atom is -0.486 e. The molecule has 0 bridgehead atoms. The maximum absolute atomic E-state index is 14.0. The van der Waals surface area contributed by atoms with E-state index < -0.39 is 0 Å². The lowest BCUT2D eigenvalue weighted by Crippen LogP contribution is -2.20. The molecule has 2 aromatic heterocycles. The van der Waals surface area contributed by atoms with Gasteiger partial charge in [0.2, 0.25) is 5.82 Å². The van der Waals surface area contributed by atoms with Crippen LogP contribution in [0.15, 0.2) is 108 Å². The van der Waals surface area contributed by atoms with Gasteiger partial charge in [0.25, 0.3) is 5.56 Å². The number of hydrogen-bond acceptors (Lipinski definition) is 5. The number of hydrogen-bond donors (Lipinski definition) is 0. The third-order valence-corrected chi connectivity index (χ3v) is 7.49. The van der Waals surface area contributed by atoms with Crippen LogP contribution in [0.5, 0.6) is 5.75 Å². The van der Waals surface area contributed by atoms with E-state index in [-0.39, 0.29) is 23.8 Å². The molecule has 0 atom stereocenters. The Bertz CT molecular complexity index is 1980. The second-order valence-corrected chi connectivity index (χ2v) is 11.0. The van der Waals surface area contributed by atoms with Gasteiger partial charge in [0.15, 0.2) is 11.5 Å². The van der Waals surface area contributed by atoms with Crippen molar-refractivity contribution in [2.75, 3.05) is 0 Å². The summed E-state index contributed by atoms with van der Waals surface area (Å²) in [6.07, 6.45) is 1.50. The van der Waals surface area contributed by atoms with Gasteiger partial charge in [-0.15, -0.1) is 0 Å². The van der Waals surface area contributed by atoms with E-state index in [0.29, 0.717) is 48.6 Å². The molecule has 0 amide bonds. The number of ether oxygens (including phenoxy) is 1. The monoisotopic (exact) mass is 679 g/mol. The third-order valence-electron chi connectivity index (χ3n) is 6.13. The van der Waals surface area contributed by atoms with Crippen molar-refractivity contribution in [1.29, 1.82) is 0 Å². The molecule has 0 unspecified atom stereocenters. The minimum absolute atomic E-state index is 0.00795. The zero-order chi connectivity index (χ0) is 27.8. The molecule has 6 rings (SSSR count). The van der Waals surface area contributed by atoms with Crippen molar-refractivity contribution in [3.8, 4) is 17.3 Å². The number of rotatable bonds is 6. The van der Waals surface area contributed by atoms with Crippen LogP contribution in [0.4, 0.5) is 4.39 Å². The highest BCUT2D eigenvalue weighted by molar-refractivity contribution is 9.10. The molecule has 0 radical (unpaired) electrons. The Balaban J connectivity index is 1.39. The van der Waals surface area contributed by atoms with Crippen LogP contribution >= 0.6 is 43.5 Å². The van der Waals surface area contributed by atoms with Crippen molar-refractivity contribution in [3.05, 3.63) is 126 Å². The predicted molar refractivity (Wildman–Crippen MR) is 162 cm³/mol. The first-order chi connectivity index (χ1) is 19.4. The van der Waals surface area contributed by atoms with Gasteiger partial charge in [-0.3, -0.25) is 4.79 Å². The lowest BCUT2D eigenvalue weighted by molar-refractivity contribution is 0.298. The zero-order valence-electron chi connectivity index (χ0n) is 20.4. The Labute approximate surface area is 248 Å². The van der Waals surface area contributed by atoms with E-state index in [2.05, 4.69) is 37.0 Å². The van der Waals surface area contributed by atoms with Crippen molar-refractivity contribution < 1.29 is 13.5 Å². The molecule has 0 saturated carbocycles. The van der Waals surface area contributed by atoms with Gasteiger partial charge in [-0.25, -0.2) is 9.37 Å². The van der Waals surface area contributed by atoms with E-state index in [9.17, 15) is 9.18 Å². The smallest absolute Gasteiger partial charge is 0.282 e. The molecule has 2 heterocycles. The largest absolute Gasteiger partial charge is 0.486 e. The lowest BCUT2D eigenvalue weighted by Gasteiger charge is -2.12. The Hall–Kier alpha value is -3.79. The molecule has 6 aromatic rings. The molecule has 0 spiro atoms. The van der Waals surface area contributed by atoms with Crippen LogP contribution in [0.3, 0.4) is 0 Å². The van der Waals surface area contributed by atoms with Gasteiger partial charge in [0.05, 0.1) is 26.6 Å². The Morgan fingerprint density at radius 1 is 1.02 bits per heavy atom. The van der Waals surface area contributed by atoms with Gasteiger partial charge in [0.1, 0.15) is 18.0 Å². The highest BCUT2D eigenvalue weighted by atomic mass is 79.9. The van der Waals surface area contributed by atoms with Crippen LogP contribution in [0.2, 0.25) is 5.02 Å². The molecule has 0 aliphatic heterocycles. The van der Waals surface area contributed by atoms with Crippen molar-refractivity contribution >= 4 is 71.5 Å². The van der Waals surface area contributed by atoms with Crippen molar-refractivity contribution in [1.82, 2.24) is 9.66 Å². The summed E-state index contributed by atoms with van der Waals surface area (Å²) in [7, 11) is 0. The van der Waals surface area contributed by atoms with Crippen LogP contribution in [-0.4, -0.2) is 15.9 Å². The van der Waals surface area contributed by atoms with Gasteiger partial charge in [0, 0.05) is 15.4 Å². The molecule has 10 heteroatoms. The quantitative estimate of drug-likeness (QED) is 0.165. The fourth-order valence-corrected chi connectivity index (χ4v) is 5.56. The van der Waals surface area contributed by atoms with Crippen LogP contribution in [-0.2, 0) is 6.61 Å². The molecule has 0 aliphatic carbocycles. The molecule has 6 nitrogen and oxygen atoms in total. The second kappa shape index (κ2) is 11.0. The maximum Gasteiger partial charge on any atom is 0.282 e. The maximum atomic E-state index is 14.0. The normalized spacial score (nSPS) is 11.6. The minimum atomic E-state index is -0.360. The van der Waals surface area contributed by atoms with E-state index in [1.165, 1.54) is 17.0 Å². The summed E-state index contributed by atoms with van der Waals surface area (Å²) in [5.74, 6) is 0.646. The molecule has 0 saturated heterocycles. The van der Waals surface area contributed by atoms with Gasteiger partial charge in [-0.2, -0.15) is 9.78 Å². The average molecular weight is 682 g/mol. The van der Waals surface area contributed by atoms with E-state index in [0.717, 1.165) is 9.86 Å². The fraction of sp³-hybridized carbons (Fsp3) is 0.0333. The number of para-hydroxylation sites is 1. The molecule has 198 valence electrons. The summed E-state index contributed by atoms with van der Waals surface area (Å²) in [6.45, 7) is 0.00795. The van der Waals surface area contributed by atoms with Crippen LogP contribution < -0.4 is 10.3 Å². The second-order valence-electron chi connectivity index (χ2n) is 8.80. The Kier molecular flexibility index (Phi) is 7.27. The van der Waals surface area contributed by atoms with Gasteiger partial charge < -0.3 is 9.15 Å². The summed E-state index contributed by atoms with van der Waals surface area (Å²) < 4.78 is 28.5. The van der Waals surface area contributed by atoms with E-state index in [1.807, 2.05) is 30.3 Å². The lowest BCUT2D eigenvalue weighted by atomic mass is 10.2. The summed E-state index contributed by atoms with van der Waals surface area (Å²) in [5, 5.41) is 6.04. The topological polar surface area (TPSA) is 69.6 Å². The van der Waals surface area contributed by atoms with Gasteiger partial charge in [-0.05, 0) is 76.1 Å². The number of halogens is 4. The fourth-order valence-electron chi connectivity index (χ4n) is 4.20. The molecule has 0 fully saturated rings. The van der Waals surface area contributed by atoms with Gasteiger partial charge >= 0.3 is 0 Å². The number of furan rings is 1. The number of nitrogens with zero attached hydrogens (tertiary/aromatic N) is 3. The van der Waals surface area contributed by atoms with Crippen molar-refractivity contribution in [2.24, 2.45) is 5.10 Å². The summed E-state index contributed by atoms with van der Waals surface area (Å²) in [4.78, 5) is 18.2. The summed E-state index contributed by atoms with van der Waals surface area (Å²) in [5.41, 5.74) is 1.82. The molecule has 0 aliphatic rings. The van der Waals surface area contributed by atoms with E-state index in [4.69, 9.17) is 25.7 Å². The standard InChI is InChI=1S/C30H17Br2ClFN3O3/c31-20-9-10-26-19(13-20)14-27(40-26)29-36-25-8-4-2-6-21(25)30(38)37(29)35-15-17-11-22(32)28(23(33)12-17)39-16-18-5-1-3-7-24(18)34/h1-15H,16H2. The number of fused-ring (bicyclic) bond motifs is 2. The van der Waals surface area contributed by atoms with Crippen LogP contribution in [0.25, 0.3) is 33.5 Å². The molecule has 40 heavy (non-hydrogen) atoms. The molecule has 0 N–H and O–H groups in total. The number of benzene rings is 4. The first kappa shape index (κ1) is 26.4. The molecular weight excluding hydrogens is 665 g/mol. The molecular formula is C30H17Br2ClFN3O3. The SMILES string of the molecule is O=c1c2ccccc2nc(-c2cc3cc(Br)ccc3o2)n1N=Cc1cc(Cl)c(OCc2ccccc2F)c(Br)c1. The highest BCUT2D eigenvalue weighted by Crippen LogP contribution is 2.35. The van der Waals surface area contributed by atoms with E-state index in [1.54, 1.807) is 48.5 Å². The van der Waals surface area contributed by atoms with Crippen molar-refractivity contribution in [3.63, 3.8) is 0 Å². The molecule has 4 aromatic carbocycles. The van der Waals surface area contributed by atoms with Crippen LogP contribution in [0.1, 0.15) is 11.1 Å². The summed E-state index contributed by atoms with van der Waals surface area (Å²) in [6, 6.07) is 24.3. The highest BCUT2D eigenvalue weighted by Gasteiger charge is 2.17. The zero-order valence-corrected chi connectivity index (χ0v) is 24.4. The van der Waals surface area contributed by atoms with Gasteiger partial charge in [-0.1, -0.05) is 57.9 Å². The predicted octanol–water partition coefficient (Wildman–Crippen LogP) is 8.59. The van der Waals surface area contributed by atoms with Crippen LogP contribution in [0, 0.1) is 5.82 Å². The first-order valence-corrected chi connectivity index (χ1v) is 13.9. The Morgan fingerprint density at radius 3 is 2.65 bits per heavy atom. The van der Waals surface area contributed by atoms with E-state index >= 15 is 0 Å². The first-order valence-electron chi connectivity index (χ1n) is 12.0. The third kappa shape index (κ3) is 5.20. The number of aromatic nitrogens is 2.